The summed E-state index contributed by atoms with van der Waals surface area (Å²) in [6.07, 6.45) is 2.57. The van der Waals surface area contributed by atoms with E-state index in [4.69, 9.17) is 11.6 Å². The second-order valence-electron chi connectivity index (χ2n) is 5.38. The van der Waals surface area contributed by atoms with E-state index in [9.17, 15) is 4.79 Å². The van der Waals surface area contributed by atoms with Gasteiger partial charge in [-0.3, -0.25) is 4.79 Å². The second kappa shape index (κ2) is 7.48. The maximum absolute atomic E-state index is 12.4. The van der Waals surface area contributed by atoms with Crippen LogP contribution in [0.2, 0.25) is 5.02 Å². The Kier molecular flexibility index (Phi) is 6.27. The lowest BCUT2D eigenvalue weighted by Gasteiger charge is -2.28. The maximum atomic E-state index is 12.4. The van der Waals surface area contributed by atoms with E-state index in [2.05, 4.69) is 31.1 Å². The van der Waals surface area contributed by atoms with Crippen molar-refractivity contribution in [3.63, 3.8) is 0 Å². The molecular weight excluding hydrogens is 274 g/mol. The zero-order chi connectivity index (χ0) is 15.3. The highest BCUT2D eigenvalue weighted by molar-refractivity contribution is 6.33. The highest BCUT2D eigenvalue weighted by Gasteiger charge is 2.20. The molecule has 0 fully saturated rings. The minimum Gasteiger partial charge on any atom is -0.369 e. The number of hydrogen-bond donors (Lipinski definition) is 1. The summed E-state index contributed by atoms with van der Waals surface area (Å²) in [5.74, 6) is 0.977. The largest absolute Gasteiger partial charge is 0.369 e. The summed E-state index contributed by atoms with van der Waals surface area (Å²) in [4.78, 5) is 18.3. The van der Waals surface area contributed by atoms with Crippen LogP contribution in [0.25, 0.3) is 0 Å². The number of nitrogens with one attached hydrogen (secondary N) is 1. The van der Waals surface area contributed by atoms with Crippen LogP contribution in [0.1, 0.15) is 44.5 Å². The molecule has 1 rings (SSSR count). The number of aromatic nitrogens is 1. The van der Waals surface area contributed by atoms with Gasteiger partial charge in [-0.25, -0.2) is 4.98 Å². The number of carbonyl (C=O) groups is 1. The van der Waals surface area contributed by atoms with Crippen LogP contribution in [0.4, 0.5) is 5.82 Å². The molecule has 1 aromatic rings. The predicted octanol–water partition coefficient (Wildman–Crippen LogP) is 3.67. The zero-order valence-corrected chi connectivity index (χ0v) is 13.7. The van der Waals surface area contributed by atoms with Crippen LogP contribution in [0.3, 0.4) is 0 Å². The Labute approximate surface area is 126 Å². The number of nitrogens with zero attached hydrogens (tertiary/aromatic N) is 2. The summed E-state index contributed by atoms with van der Waals surface area (Å²) in [7, 11) is 1.81. The lowest BCUT2D eigenvalue weighted by Crippen LogP contribution is -2.38. The van der Waals surface area contributed by atoms with E-state index in [0.717, 1.165) is 13.0 Å². The van der Waals surface area contributed by atoms with Crippen molar-refractivity contribution in [3.8, 4) is 0 Å². The van der Waals surface area contributed by atoms with E-state index in [-0.39, 0.29) is 11.9 Å². The molecule has 5 heteroatoms. The fourth-order valence-corrected chi connectivity index (χ4v) is 2.00. The standard InChI is InChI=1S/C15H24ClN3O/c1-6-7-17-14-13(16)8-12(9-18-14)15(20)19(5)11(4)10(2)3/h8-11H,6-7H2,1-5H3,(H,17,18). The highest BCUT2D eigenvalue weighted by Crippen LogP contribution is 2.21. The molecule has 0 radical (unpaired) electrons. The molecular formula is C15H24ClN3O. The quantitative estimate of drug-likeness (QED) is 0.871. The van der Waals surface area contributed by atoms with Gasteiger partial charge in [-0.1, -0.05) is 32.4 Å². The monoisotopic (exact) mass is 297 g/mol. The molecule has 1 N–H and O–H groups in total. The van der Waals surface area contributed by atoms with Gasteiger partial charge in [-0.15, -0.1) is 0 Å². The Hall–Kier alpha value is -1.29. The molecule has 0 aliphatic heterocycles. The fraction of sp³-hybridized carbons (Fsp3) is 0.600. The Bertz CT molecular complexity index is 462. The first kappa shape index (κ1) is 16.8. The van der Waals surface area contributed by atoms with Crippen LogP contribution >= 0.6 is 11.6 Å². The zero-order valence-electron chi connectivity index (χ0n) is 12.9. The summed E-state index contributed by atoms with van der Waals surface area (Å²) >= 11 is 6.16. The van der Waals surface area contributed by atoms with Crippen LogP contribution in [0.5, 0.6) is 0 Å². The summed E-state index contributed by atoms with van der Waals surface area (Å²) in [5.41, 5.74) is 0.520. The van der Waals surface area contributed by atoms with E-state index in [1.165, 1.54) is 0 Å². The van der Waals surface area contributed by atoms with Gasteiger partial charge in [0.2, 0.25) is 0 Å². The normalized spacial score (nSPS) is 12.3. The third-order valence-electron chi connectivity index (χ3n) is 3.53. The van der Waals surface area contributed by atoms with E-state index in [1.54, 1.807) is 17.2 Å². The average molecular weight is 298 g/mol. The average Bonchev–Trinajstić information content (AvgIpc) is 2.43. The number of hydrogen-bond acceptors (Lipinski definition) is 3. The van der Waals surface area contributed by atoms with Gasteiger partial charge in [-0.05, 0) is 25.3 Å². The van der Waals surface area contributed by atoms with Crippen molar-refractivity contribution in [2.75, 3.05) is 18.9 Å². The SMILES string of the molecule is CCCNc1ncc(C(=O)N(C)C(C)C(C)C)cc1Cl. The fourth-order valence-electron chi connectivity index (χ4n) is 1.76. The maximum Gasteiger partial charge on any atom is 0.255 e. The van der Waals surface area contributed by atoms with Crippen LogP contribution in [-0.4, -0.2) is 35.4 Å². The van der Waals surface area contributed by atoms with Gasteiger partial charge < -0.3 is 10.2 Å². The molecule has 0 aliphatic carbocycles. The molecule has 0 saturated carbocycles. The molecule has 0 aliphatic rings. The molecule has 1 atom stereocenters. The Morgan fingerprint density at radius 2 is 2.10 bits per heavy atom. The van der Waals surface area contributed by atoms with Crippen molar-refractivity contribution in [3.05, 3.63) is 22.8 Å². The van der Waals surface area contributed by atoms with Gasteiger partial charge in [0.15, 0.2) is 0 Å². The second-order valence-corrected chi connectivity index (χ2v) is 5.79. The van der Waals surface area contributed by atoms with Gasteiger partial charge in [0.1, 0.15) is 5.82 Å². The number of carbonyl (C=O) groups excluding carboxylic acids is 1. The molecule has 1 unspecified atom stereocenters. The summed E-state index contributed by atoms with van der Waals surface area (Å²) in [5, 5.41) is 3.61. The smallest absolute Gasteiger partial charge is 0.255 e. The summed E-state index contributed by atoms with van der Waals surface area (Å²) in [6, 6.07) is 1.84. The molecule has 0 saturated heterocycles. The van der Waals surface area contributed by atoms with E-state index in [0.29, 0.717) is 22.3 Å². The number of rotatable bonds is 6. The van der Waals surface area contributed by atoms with Crippen LogP contribution in [0.15, 0.2) is 12.3 Å². The molecule has 0 bridgehead atoms. The Balaban J connectivity index is 2.87. The molecule has 20 heavy (non-hydrogen) atoms. The number of anilines is 1. The minimum atomic E-state index is -0.0531. The van der Waals surface area contributed by atoms with Crippen LogP contribution in [-0.2, 0) is 0 Å². The van der Waals surface area contributed by atoms with Gasteiger partial charge in [0.05, 0.1) is 10.6 Å². The number of amides is 1. The van der Waals surface area contributed by atoms with Gasteiger partial charge in [-0.2, -0.15) is 0 Å². The van der Waals surface area contributed by atoms with Gasteiger partial charge in [0, 0.05) is 25.8 Å². The predicted molar refractivity (Wildman–Crippen MR) is 84.4 cm³/mol. The first-order chi connectivity index (χ1) is 9.38. The van der Waals surface area contributed by atoms with E-state index in [1.807, 2.05) is 14.0 Å². The van der Waals surface area contributed by atoms with Crippen LogP contribution in [0, 0.1) is 5.92 Å². The Morgan fingerprint density at radius 3 is 2.60 bits per heavy atom. The van der Waals surface area contributed by atoms with Crippen molar-refractivity contribution in [2.45, 2.75) is 40.2 Å². The molecule has 1 aromatic heterocycles. The molecule has 1 amide bonds. The van der Waals surface area contributed by atoms with Crippen molar-refractivity contribution < 1.29 is 4.79 Å². The number of pyridine rings is 1. The first-order valence-corrected chi connectivity index (χ1v) is 7.42. The molecule has 112 valence electrons. The topological polar surface area (TPSA) is 45.2 Å². The number of halogens is 1. The first-order valence-electron chi connectivity index (χ1n) is 7.05. The molecule has 1 heterocycles. The van der Waals surface area contributed by atoms with Gasteiger partial charge >= 0.3 is 0 Å². The van der Waals surface area contributed by atoms with Crippen molar-refractivity contribution in [1.29, 1.82) is 0 Å². The van der Waals surface area contributed by atoms with Crippen molar-refractivity contribution >= 4 is 23.3 Å². The minimum absolute atomic E-state index is 0.0531. The van der Waals surface area contributed by atoms with E-state index >= 15 is 0 Å². The summed E-state index contributed by atoms with van der Waals surface area (Å²) in [6.45, 7) is 9.11. The third kappa shape index (κ3) is 4.10. The lowest BCUT2D eigenvalue weighted by molar-refractivity contribution is 0.0706. The lowest BCUT2D eigenvalue weighted by atomic mass is 10.0. The molecule has 4 nitrogen and oxygen atoms in total. The third-order valence-corrected chi connectivity index (χ3v) is 3.81. The van der Waals surface area contributed by atoms with Crippen molar-refractivity contribution in [1.82, 2.24) is 9.88 Å². The van der Waals surface area contributed by atoms with E-state index < -0.39 is 0 Å². The summed E-state index contributed by atoms with van der Waals surface area (Å²) < 4.78 is 0. The molecule has 0 aromatic carbocycles. The Morgan fingerprint density at radius 1 is 1.45 bits per heavy atom. The van der Waals surface area contributed by atoms with Crippen molar-refractivity contribution in [2.24, 2.45) is 5.92 Å². The van der Waals surface area contributed by atoms with Crippen LogP contribution < -0.4 is 5.32 Å². The highest BCUT2D eigenvalue weighted by atomic mass is 35.5. The van der Waals surface area contributed by atoms with Gasteiger partial charge in [0.25, 0.3) is 5.91 Å². The molecule has 0 spiro atoms.